The van der Waals surface area contributed by atoms with E-state index in [1.807, 2.05) is 14.0 Å². The van der Waals surface area contributed by atoms with Gasteiger partial charge in [0.05, 0.1) is 0 Å². The zero-order chi connectivity index (χ0) is 7.72. The van der Waals surface area contributed by atoms with Crippen LogP contribution in [0.15, 0.2) is 5.10 Å². The van der Waals surface area contributed by atoms with E-state index in [9.17, 15) is 4.79 Å². The lowest BCUT2D eigenvalue weighted by Gasteiger charge is -2.03. The first-order valence-electron chi connectivity index (χ1n) is 3.20. The topological polar surface area (TPSA) is 58.7 Å². The standard InChI is InChI=1S/C6H11N3O/c1-4-3-9(2)8-5(4)6(7)10/h4H,3H2,1-2H3,(H2,7,10). The molecule has 0 bridgehead atoms. The molecular formula is C6H11N3O. The van der Waals surface area contributed by atoms with Crippen molar-refractivity contribution in [2.45, 2.75) is 6.92 Å². The van der Waals surface area contributed by atoms with Crippen molar-refractivity contribution in [1.29, 1.82) is 0 Å². The summed E-state index contributed by atoms with van der Waals surface area (Å²) in [4.78, 5) is 10.6. The van der Waals surface area contributed by atoms with Gasteiger partial charge in [-0.2, -0.15) is 5.10 Å². The first-order chi connectivity index (χ1) is 4.61. The third-order valence-electron chi connectivity index (χ3n) is 1.54. The number of nitrogens with zero attached hydrogens (tertiary/aromatic N) is 2. The molecule has 1 atom stereocenters. The third-order valence-corrected chi connectivity index (χ3v) is 1.54. The van der Waals surface area contributed by atoms with Crippen molar-refractivity contribution in [2.75, 3.05) is 13.6 Å². The molecule has 0 saturated carbocycles. The molecule has 10 heavy (non-hydrogen) atoms. The first-order valence-corrected chi connectivity index (χ1v) is 3.20. The number of hydrogen-bond donors (Lipinski definition) is 1. The minimum absolute atomic E-state index is 0.183. The van der Waals surface area contributed by atoms with Gasteiger partial charge in [0, 0.05) is 19.5 Å². The molecule has 0 aromatic rings. The van der Waals surface area contributed by atoms with Crippen LogP contribution in [0.25, 0.3) is 0 Å². The average molecular weight is 141 g/mol. The van der Waals surface area contributed by atoms with E-state index in [2.05, 4.69) is 5.10 Å². The molecule has 0 fully saturated rings. The van der Waals surface area contributed by atoms with Crippen LogP contribution in [-0.2, 0) is 4.79 Å². The SMILES string of the molecule is CC1CN(C)N=C1C(N)=O. The molecule has 4 nitrogen and oxygen atoms in total. The number of amides is 1. The second kappa shape index (κ2) is 2.28. The van der Waals surface area contributed by atoms with Gasteiger partial charge in [-0.1, -0.05) is 6.92 Å². The maximum atomic E-state index is 10.6. The van der Waals surface area contributed by atoms with E-state index >= 15 is 0 Å². The quantitative estimate of drug-likeness (QED) is 0.530. The minimum atomic E-state index is -0.406. The van der Waals surface area contributed by atoms with Crippen molar-refractivity contribution >= 4 is 11.6 Å². The fraction of sp³-hybridized carbons (Fsp3) is 0.667. The summed E-state index contributed by atoms with van der Waals surface area (Å²) in [5.41, 5.74) is 5.54. The highest BCUT2D eigenvalue weighted by Gasteiger charge is 2.23. The van der Waals surface area contributed by atoms with Crippen LogP contribution in [0, 0.1) is 5.92 Å². The summed E-state index contributed by atoms with van der Waals surface area (Å²) in [6, 6.07) is 0. The lowest BCUT2D eigenvalue weighted by Crippen LogP contribution is -2.27. The Morgan fingerprint density at radius 2 is 2.50 bits per heavy atom. The molecule has 1 rings (SSSR count). The number of primary amides is 1. The fourth-order valence-corrected chi connectivity index (χ4v) is 1.10. The van der Waals surface area contributed by atoms with Crippen LogP contribution in [0.5, 0.6) is 0 Å². The largest absolute Gasteiger partial charge is 0.364 e. The number of hydrazone groups is 1. The lowest BCUT2D eigenvalue weighted by atomic mass is 10.1. The molecule has 0 aromatic heterocycles. The molecule has 0 radical (unpaired) electrons. The predicted octanol–water partition coefficient (Wildman–Crippen LogP) is -0.591. The molecule has 1 unspecified atom stereocenters. The van der Waals surface area contributed by atoms with Crippen LogP contribution in [-0.4, -0.2) is 30.2 Å². The second-order valence-electron chi connectivity index (χ2n) is 2.59. The van der Waals surface area contributed by atoms with Gasteiger partial charge in [-0.3, -0.25) is 9.80 Å². The Labute approximate surface area is 59.7 Å². The second-order valence-corrected chi connectivity index (χ2v) is 2.59. The van der Waals surface area contributed by atoms with Gasteiger partial charge in [0.2, 0.25) is 0 Å². The molecule has 2 N–H and O–H groups in total. The molecule has 0 spiro atoms. The Kier molecular flexibility index (Phi) is 1.61. The molecule has 0 aromatic carbocycles. The molecule has 0 saturated heterocycles. The van der Waals surface area contributed by atoms with Gasteiger partial charge in [-0.15, -0.1) is 0 Å². The maximum absolute atomic E-state index is 10.6. The van der Waals surface area contributed by atoms with E-state index in [1.165, 1.54) is 0 Å². The van der Waals surface area contributed by atoms with Crippen LogP contribution in [0.2, 0.25) is 0 Å². The molecule has 1 aliphatic heterocycles. The van der Waals surface area contributed by atoms with E-state index in [-0.39, 0.29) is 5.92 Å². The third kappa shape index (κ3) is 1.10. The van der Waals surface area contributed by atoms with Crippen LogP contribution in [0.1, 0.15) is 6.92 Å². The summed E-state index contributed by atoms with van der Waals surface area (Å²) in [6.07, 6.45) is 0. The normalized spacial score (nSPS) is 24.8. The minimum Gasteiger partial charge on any atom is -0.364 e. The first kappa shape index (κ1) is 7.05. The smallest absolute Gasteiger partial charge is 0.265 e. The molecule has 4 heteroatoms. The highest BCUT2D eigenvalue weighted by atomic mass is 16.1. The summed E-state index contributed by atoms with van der Waals surface area (Å²) in [6.45, 7) is 2.73. The number of nitrogens with two attached hydrogens (primary N) is 1. The fourth-order valence-electron chi connectivity index (χ4n) is 1.10. The molecule has 0 aliphatic carbocycles. The Hall–Kier alpha value is -1.06. The summed E-state index contributed by atoms with van der Waals surface area (Å²) >= 11 is 0. The molecule has 1 amide bonds. The van der Waals surface area contributed by atoms with Gasteiger partial charge >= 0.3 is 0 Å². The van der Waals surface area contributed by atoms with Gasteiger partial charge in [-0.25, -0.2) is 0 Å². The van der Waals surface area contributed by atoms with E-state index in [4.69, 9.17) is 5.73 Å². The summed E-state index contributed by atoms with van der Waals surface area (Å²) < 4.78 is 0. The monoisotopic (exact) mass is 141 g/mol. The van der Waals surface area contributed by atoms with Crippen molar-refractivity contribution in [3.63, 3.8) is 0 Å². The number of carbonyl (C=O) groups excluding carboxylic acids is 1. The Bertz CT molecular complexity index is 187. The van der Waals surface area contributed by atoms with Crippen LogP contribution < -0.4 is 5.73 Å². The number of hydrogen-bond acceptors (Lipinski definition) is 3. The molecule has 1 aliphatic rings. The predicted molar refractivity (Wildman–Crippen MR) is 38.4 cm³/mol. The Morgan fingerprint density at radius 3 is 2.70 bits per heavy atom. The van der Waals surface area contributed by atoms with Crippen LogP contribution in [0.4, 0.5) is 0 Å². The Balaban J connectivity index is 2.75. The van der Waals surface area contributed by atoms with Crippen LogP contribution in [0.3, 0.4) is 0 Å². The Morgan fingerprint density at radius 1 is 1.90 bits per heavy atom. The van der Waals surface area contributed by atoms with Crippen LogP contribution >= 0.6 is 0 Å². The summed E-state index contributed by atoms with van der Waals surface area (Å²) in [5.74, 6) is -0.223. The number of carbonyl (C=O) groups is 1. The zero-order valence-corrected chi connectivity index (χ0v) is 6.16. The van der Waals surface area contributed by atoms with Gasteiger partial charge < -0.3 is 5.73 Å². The van der Waals surface area contributed by atoms with Gasteiger partial charge in [0.1, 0.15) is 5.71 Å². The van der Waals surface area contributed by atoms with E-state index in [1.54, 1.807) is 5.01 Å². The van der Waals surface area contributed by atoms with Crippen molar-refractivity contribution in [2.24, 2.45) is 16.8 Å². The average Bonchev–Trinajstić information content (AvgIpc) is 2.10. The lowest BCUT2D eigenvalue weighted by molar-refractivity contribution is -0.112. The molecular weight excluding hydrogens is 130 g/mol. The molecule has 1 heterocycles. The van der Waals surface area contributed by atoms with Crippen molar-refractivity contribution in [1.82, 2.24) is 5.01 Å². The highest BCUT2D eigenvalue weighted by Crippen LogP contribution is 2.09. The van der Waals surface area contributed by atoms with Crippen molar-refractivity contribution in [3.05, 3.63) is 0 Å². The molecule has 56 valence electrons. The van der Waals surface area contributed by atoms with Gasteiger partial charge in [0.25, 0.3) is 5.91 Å². The highest BCUT2D eigenvalue weighted by molar-refractivity contribution is 6.39. The van der Waals surface area contributed by atoms with Gasteiger partial charge in [0.15, 0.2) is 0 Å². The summed E-state index contributed by atoms with van der Waals surface area (Å²) in [5, 5.41) is 5.67. The maximum Gasteiger partial charge on any atom is 0.265 e. The van der Waals surface area contributed by atoms with Crippen molar-refractivity contribution in [3.8, 4) is 0 Å². The summed E-state index contributed by atoms with van der Waals surface area (Å²) in [7, 11) is 1.83. The van der Waals surface area contributed by atoms with Gasteiger partial charge in [-0.05, 0) is 0 Å². The van der Waals surface area contributed by atoms with Crippen molar-refractivity contribution < 1.29 is 4.79 Å². The van der Waals surface area contributed by atoms with E-state index < -0.39 is 5.91 Å². The zero-order valence-electron chi connectivity index (χ0n) is 6.16. The van der Waals surface area contributed by atoms with E-state index in [0.29, 0.717) is 5.71 Å². The van der Waals surface area contributed by atoms with E-state index in [0.717, 1.165) is 6.54 Å². The number of rotatable bonds is 1.